The van der Waals surface area contributed by atoms with Gasteiger partial charge < -0.3 is 0 Å². The monoisotopic (exact) mass is 146 g/mol. The molecule has 0 aliphatic heterocycles. The molecule has 0 radical (unpaired) electrons. The molecule has 0 aliphatic rings. The van der Waals surface area contributed by atoms with E-state index in [0.29, 0.717) is 0 Å². The van der Waals surface area contributed by atoms with Crippen LogP contribution in [0.15, 0.2) is 13.2 Å². The summed E-state index contributed by atoms with van der Waals surface area (Å²) >= 11 is 6.19. The topological polar surface area (TPSA) is 47.6 Å². The summed E-state index contributed by atoms with van der Waals surface area (Å²) in [5.41, 5.74) is 0. The first-order chi connectivity index (χ1) is 3.83. The molecule has 8 heavy (non-hydrogen) atoms. The lowest BCUT2D eigenvalue weighted by Crippen LogP contribution is -0.961. The van der Waals surface area contributed by atoms with Gasteiger partial charge in [-0.05, 0) is 0 Å². The molecular weight excluding hydrogens is 140 g/mol. The Balaban J connectivity index is -0.0000000483. The molecule has 0 spiro atoms. The van der Waals surface area contributed by atoms with E-state index >= 15 is 0 Å². The van der Waals surface area contributed by atoms with Crippen LogP contribution >= 0.6 is 25.3 Å². The SMILES string of the molecule is C=C.N#CS.N#CS. The van der Waals surface area contributed by atoms with Gasteiger partial charge in [-0.1, -0.05) is 25.3 Å². The second kappa shape index (κ2) is 93.5. The van der Waals surface area contributed by atoms with Crippen LogP contribution in [-0.4, -0.2) is 0 Å². The number of thiocyanates is 2. The van der Waals surface area contributed by atoms with Crippen molar-refractivity contribution in [3.63, 3.8) is 0 Å². The van der Waals surface area contributed by atoms with E-state index in [0.717, 1.165) is 0 Å². The van der Waals surface area contributed by atoms with Gasteiger partial charge in [-0.15, -0.1) is 13.2 Å². The summed E-state index contributed by atoms with van der Waals surface area (Å²) < 4.78 is 0. The highest BCUT2D eigenvalue weighted by molar-refractivity contribution is 7.85. The normalized spacial score (nSPS) is 2.50. The smallest absolute Gasteiger partial charge is 0.130 e. The summed E-state index contributed by atoms with van der Waals surface area (Å²) in [6.45, 7) is 6.00. The molecule has 44 valence electrons. The Morgan fingerprint density at radius 2 is 1.00 bits per heavy atom. The van der Waals surface area contributed by atoms with Gasteiger partial charge in [0.05, 0.1) is 0 Å². The fourth-order valence-corrected chi connectivity index (χ4v) is 0. The van der Waals surface area contributed by atoms with Crippen molar-refractivity contribution in [2.75, 3.05) is 0 Å². The van der Waals surface area contributed by atoms with Gasteiger partial charge in [0.25, 0.3) is 0 Å². The number of rotatable bonds is 0. The third-order valence-corrected chi connectivity index (χ3v) is 0. The molecule has 4 heteroatoms. The van der Waals surface area contributed by atoms with E-state index in [4.69, 9.17) is 10.5 Å². The van der Waals surface area contributed by atoms with Gasteiger partial charge in [-0.2, -0.15) is 10.5 Å². The van der Waals surface area contributed by atoms with Crippen molar-refractivity contribution in [1.29, 1.82) is 10.5 Å². The van der Waals surface area contributed by atoms with Crippen molar-refractivity contribution < 1.29 is 0 Å². The lowest BCUT2D eigenvalue weighted by atomic mass is 11.3. The molecule has 0 amide bonds. The lowest BCUT2D eigenvalue weighted by Gasteiger charge is -1.14. The molecule has 0 N–H and O–H groups in total. The van der Waals surface area contributed by atoms with Gasteiger partial charge in [0.2, 0.25) is 0 Å². The summed E-state index contributed by atoms with van der Waals surface area (Å²) in [4.78, 5) is 0. The minimum atomic E-state index is 1.44. The first kappa shape index (κ1) is 15.7. The minimum Gasteiger partial charge on any atom is -0.185 e. The van der Waals surface area contributed by atoms with Gasteiger partial charge in [-0.25, -0.2) is 0 Å². The average Bonchev–Trinajstić information content (AvgIpc) is 1.75. The zero-order valence-corrected chi connectivity index (χ0v) is 5.99. The average molecular weight is 146 g/mol. The molecule has 0 rings (SSSR count). The van der Waals surface area contributed by atoms with Crippen LogP contribution in [0.4, 0.5) is 0 Å². The standard InChI is InChI=1S/C2H4.2CHNS/c1-2;2*2-1-3/h1-2H2;2*3H. The number of thiol groups is 2. The lowest BCUT2D eigenvalue weighted by molar-refractivity contribution is 1.57. The van der Waals surface area contributed by atoms with E-state index in [1.165, 1.54) is 10.8 Å². The maximum absolute atomic E-state index is 7.18. The van der Waals surface area contributed by atoms with Crippen molar-refractivity contribution in [3.8, 4) is 10.8 Å². The van der Waals surface area contributed by atoms with Crippen molar-refractivity contribution >= 4 is 25.3 Å². The van der Waals surface area contributed by atoms with E-state index in [2.05, 4.69) is 38.4 Å². The Morgan fingerprint density at radius 3 is 1.00 bits per heavy atom. The highest BCUT2D eigenvalue weighted by Gasteiger charge is 1.18. The second-order valence-electron chi connectivity index (χ2n) is 0.200. The molecule has 0 atom stereocenters. The summed E-state index contributed by atoms with van der Waals surface area (Å²) in [6, 6.07) is 0. The Morgan fingerprint density at radius 1 is 1.00 bits per heavy atom. The van der Waals surface area contributed by atoms with Crippen molar-refractivity contribution in [2.45, 2.75) is 0 Å². The van der Waals surface area contributed by atoms with Crippen LogP contribution in [0.2, 0.25) is 0 Å². The first-order valence-corrected chi connectivity index (χ1v) is 2.29. The van der Waals surface area contributed by atoms with Gasteiger partial charge in [0, 0.05) is 0 Å². The van der Waals surface area contributed by atoms with Gasteiger partial charge >= 0.3 is 0 Å². The predicted molar refractivity (Wildman–Crippen MR) is 40.5 cm³/mol. The Bertz CT molecular complexity index is 77.2. The zero-order chi connectivity index (χ0) is 7.41. The molecule has 0 saturated carbocycles. The minimum absolute atomic E-state index is 1.44. The van der Waals surface area contributed by atoms with Gasteiger partial charge in [0.15, 0.2) is 0 Å². The molecule has 0 aliphatic carbocycles. The fraction of sp³-hybridized carbons (Fsp3) is 0. The Kier molecular flexibility index (Phi) is 183. The molecule has 2 nitrogen and oxygen atoms in total. The molecule has 0 heterocycles. The molecule has 0 aromatic heterocycles. The largest absolute Gasteiger partial charge is 0.185 e. The molecule has 0 aromatic rings. The zero-order valence-electron chi connectivity index (χ0n) is 4.20. The van der Waals surface area contributed by atoms with Gasteiger partial charge in [-0.3, -0.25) is 0 Å². The fourth-order valence-electron chi connectivity index (χ4n) is 0. The van der Waals surface area contributed by atoms with Crippen LogP contribution in [-0.2, 0) is 0 Å². The predicted octanol–water partition coefficient (Wildman–Crippen LogP) is 1.60. The molecule has 0 aromatic carbocycles. The van der Waals surface area contributed by atoms with Gasteiger partial charge in [0.1, 0.15) is 10.8 Å². The molecule has 0 unspecified atom stereocenters. The van der Waals surface area contributed by atoms with Crippen LogP contribution in [0.5, 0.6) is 0 Å². The third kappa shape index (κ3) is 315. The number of nitrogens with zero attached hydrogens (tertiary/aromatic N) is 2. The van der Waals surface area contributed by atoms with Crippen LogP contribution < -0.4 is 0 Å². The summed E-state index contributed by atoms with van der Waals surface area (Å²) in [6.07, 6.45) is 0. The highest BCUT2D eigenvalue weighted by atomic mass is 32.1. The highest BCUT2D eigenvalue weighted by Crippen LogP contribution is 1.46. The molecular formula is C4H6N2S2. The molecule has 0 fully saturated rings. The number of hydrogen-bond donors (Lipinski definition) is 2. The van der Waals surface area contributed by atoms with E-state index in [1.807, 2.05) is 0 Å². The summed E-state index contributed by atoms with van der Waals surface area (Å²) in [5, 5.41) is 17.3. The maximum atomic E-state index is 7.18. The third-order valence-electron chi connectivity index (χ3n) is 0. The van der Waals surface area contributed by atoms with Crippen LogP contribution in [0.25, 0.3) is 0 Å². The van der Waals surface area contributed by atoms with E-state index in [9.17, 15) is 0 Å². The Hall–Kier alpha value is -0.580. The second-order valence-corrected chi connectivity index (χ2v) is 0.600. The van der Waals surface area contributed by atoms with Crippen LogP contribution in [0.3, 0.4) is 0 Å². The quantitative estimate of drug-likeness (QED) is 0.310. The summed E-state index contributed by atoms with van der Waals surface area (Å²) in [5.74, 6) is 0. The number of nitriles is 2. The maximum Gasteiger partial charge on any atom is 0.130 e. The van der Waals surface area contributed by atoms with E-state index in [1.54, 1.807) is 0 Å². The summed E-state index contributed by atoms with van der Waals surface area (Å²) in [7, 11) is 0. The first-order valence-electron chi connectivity index (χ1n) is 1.39. The van der Waals surface area contributed by atoms with Crippen molar-refractivity contribution in [2.24, 2.45) is 0 Å². The molecule has 0 saturated heterocycles. The van der Waals surface area contributed by atoms with Crippen LogP contribution in [0, 0.1) is 21.3 Å². The van der Waals surface area contributed by atoms with Crippen LogP contribution in [0.1, 0.15) is 0 Å². The Labute approximate surface area is 60.3 Å². The van der Waals surface area contributed by atoms with E-state index in [-0.39, 0.29) is 0 Å². The number of hydrogen-bond acceptors (Lipinski definition) is 4. The van der Waals surface area contributed by atoms with Crippen molar-refractivity contribution in [1.82, 2.24) is 0 Å². The molecule has 0 bridgehead atoms. The van der Waals surface area contributed by atoms with E-state index < -0.39 is 0 Å². The van der Waals surface area contributed by atoms with Crippen molar-refractivity contribution in [3.05, 3.63) is 13.2 Å².